The Morgan fingerprint density at radius 1 is 1.44 bits per heavy atom. The largest absolute Gasteiger partial charge is 0.497 e. The summed E-state index contributed by atoms with van der Waals surface area (Å²) < 4.78 is 30.3. The van der Waals surface area contributed by atoms with E-state index in [1.807, 2.05) is 13.0 Å². The van der Waals surface area contributed by atoms with E-state index in [0.29, 0.717) is 0 Å². The van der Waals surface area contributed by atoms with Gasteiger partial charge in [-0.1, -0.05) is 6.07 Å². The molecule has 90 valence electrons. The zero-order valence-corrected chi connectivity index (χ0v) is 9.76. The van der Waals surface area contributed by atoms with Gasteiger partial charge in [0, 0.05) is 0 Å². The van der Waals surface area contributed by atoms with Crippen molar-refractivity contribution in [2.24, 2.45) is 5.73 Å². The van der Waals surface area contributed by atoms with Crippen molar-refractivity contribution in [3.8, 4) is 5.75 Å². The first kappa shape index (κ1) is 12.9. The summed E-state index contributed by atoms with van der Waals surface area (Å²) in [5.74, 6) is 0.719. The van der Waals surface area contributed by atoms with Crippen molar-refractivity contribution in [2.75, 3.05) is 7.11 Å². The molecule has 0 saturated carbocycles. The lowest BCUT2D eigenvalue weighted by Gasteiger charge is -2.24. The highest BCUT2D eigenvalue weighted by Crippen LogP contribution is 2.23. The molecule has 16 heavy (non-hydrogen) atoms. The molecule has 2 nitrogen and oxygen atoms in total. The summed E-state index contributed by atoms with van der Waals surface area (Å²) >= 11 is 0. The SMILES string of the molecule is COc1ccc(CC(C)(N)C(F)F)c(C)c1. The van der Waals surface area contributed by atoms with Gasteiger partial charge in [-0.25, -0.2) is 8.78 Å². The van der Waals surface area contributed by atoms with Crippen molar-refractivity contribution < 1.29 is 13.5 Å². The maximum absolute atomic E-state index is 12.6. The quantitative estimate of drug-likeness (QED) is 0.861. The number of benzene rings is 1. The van der Waals surface area contributed by atoms with Crippen molar-refractivity contribution in [3.05, 3.63) is 29.3 Å². The van der Waals surface area contributed by atoms with Gasteiger partial charge in [0.2, 0.25) is 0 Å². The molecule has 2 N–H and O–H groups in total. The Kier molecular flexibility index (Phi) is 3.86. The zero-order chi connectivity index (χ0) is 12.3. The molecule has 0 aliphatic heterocycles. The molecular weight excluding hydrogens is 212 g/mol. The molecule has 1 atom stereocenters. The minimum atomic E-state index is -2.53. The second-order valence-electron chi connectivity index (χ2n) is 4.28. The van der Waals surface area contributed by atoms with Crippen LogP contribution in [0.25, 0.3) is 0 Å². The molecule has 0 aliphatic carbocycles. The molecule has 0 amide bonds. The Hall–Kier alpha value is -1.16. The van der Waals surface area contributed by atoms with Crippen LogP contribution < -0.4 is 10.5 Å². The molecule has 0 radical (unpaired) electrons. The van der Waals surface area contributed by atoms with Crippen LogP contribution in [0.3, 0.4) is 0 Å². The third kappa shape index (κ3) is 2.92. The molecule has 4 heteroatoms. The molecule has 0 aromatic heterocycles. The van der Waals surface area contributed by atoms with Gasteiger partial charge in [-0.2, -0.15) is 0 Å². The molecule has 0 saturated heterocycles. The van der Waals surface area contributed by atoms with E-state index < -0.39 is 12.0 Å². The standard InChI is InChI=1S/C12H17F2NO/c1-8-6-10(16-3)5-4-9(8)7-12(2,15)11(13)14/h4-6,11H,7,15H2,1-3H3. The highest BCUT2D eigenvalue weighted by atomic mass is 19.3. The Bertz CT molecular complexity index is 364. The number of aryl methyl sites for hydroxylation is 1. The van der Waals surface area contributed by atoms with E-state index in [-0.39, 0.29) is 6.42 Å². The summed E-state index contributed by atoms with van der Waals surface area (Å²) in [6.45, 7) is 3.22. The van der Waals surface area contributed by atoms with Crippen molar-refractivity contribution in [3.63, 3.8) is 0 Å². The van der Waals surface area contributed by atoms with E-state index in [9.17, 15) is 8.78 Å². The van der Waals surface area contributed by atoms with Gasteiger partial charge in [-0.15, -0.1) is 0 Å². The second-order valence-corrected chi connectivity index (χ2v) is 4.28. The number of alkyl halides is 2. The van der Waals surface area contributed by atoms with E-state index in [0.717, 1.165) is 16.9 Å². The lowest BCUT2D eigenvalue weighted by atomic mass is 9.92. The molecule has 1 aromatic rings. The summed E-state index contributed by atoms with van der Waals surface area (Å²) in [6, 6.07) is 5.35. The summed E-state index contributed by atoms with van der Waals surface area (Å²) in [6.07, 6.45) is -2.38. The van der Waals surface area contributed by atoms with Crippen LogP contribution in [0.1, 0.15) is 18.1 Å². The van der Waals surface area contributed by atoms with Crippen molar-refractivity contribution >= 4 is 0 Å². The molecule has 0 bridgehead atoms. The lowest BCUT2D eigenvalue weighted by Crippen LogP contribution is -2.46. The van der Waals surface area contributed by atoms with Gasteiger partial charge >= 0.3 is 0 Å². The molecule has 1 aromatic carbocycles. The summed E-state index contributed by atoms with van der Waals surface area (Å²) in [5.41, 5.74) is 5.80. The predicted octanol–water partition coefficient (Wildman–Crippen LogP) is 2.53. The molecule has 0 aliphatic rings. The van der Waals surface area contributed by atoms with Crippen LogP contribution in [-0.2, 0) is 6.42 Å². The number of rotatable bonds is 4. The van der Waals surface area contributed by atoms with E-state index in [1.165, 1.54) is 6.92 Å². The normalized spacial score (nSPS) is 14.9. The molecule has 0 heterocycles. The van der Waals surface area contributed by atoms with Crippen molar-refractivity contribution in [2.45, 2.75) is 32.2 Å². The van der Waals surface area contributed by atoms with Crippen LogP contribution in [0.4, 0.5) is 8.78 Å². The van der Waals surface area contributed by atoms with Crippen LogP contribution in [0.15, 0.2) is 18.2 Å². The number of halogens is 2. The Morgan fingerprint density at radius 3 is 2.50 bits per heavy atom. The van der Waals surface area contributed by atoms with Crippen molar-refractivity contribution in [1.82, 2.24) is 0 Å². The van der Waals surface area contributed by atoms with Gasteiger partial charge in [0.1, 0.15) is 5.75 Å². The van der Waals surface area contributed by atoms with Gasteiger partial charge in [-0.05, 0) is 43.5 Å². The summed E-state index contributed by atoms with van der Waals surface area (Å²) in [7, 11) is 1.57. The van der Waals surface area contributed by atoms with E-state index in [2.05, 4.69) is 0 Å². The molecular formula is C12H17F2NO. The molecule has 1 rings (SSSR count). The van der Waals surface area contributed by atoms with Gasteiger partial charge in [0.25, 0.3) is 6.43 Å². The number of hydrogen-bond acceptors (Lipinski definition) is 2. The Labute approximate surface area is 94.4 Å². The molecule has 1 unspecified atom stereocenters. The third-order valence-electron chi connectivity index (χ3n) is 2.62. The zero-order valence-electron chi connectivity index (χ0n) is 9.76. The average molecular weight is 229 g/mol. The van der Waals surface area contributed by atoms with E-state index in [1.54, 1.807) is 19.2 Å². The Balaban J connectivity index is 2.90. The van der Waals surface area contributed by atoms with E-state index >= 15 is 0 Å². The van der Waals surface area contributed by atoms with E-state index in [4.69, 9.17) is 10.5 Å². The third-order valence-corrected chi connectivity index (χ3v) is 2.62. The van der Waals surface area contributed by atoms with Crippen LogP contribution >= 0.6 is 0 Å². The fourth-order valence-electron chi connectivity index (χ4n) is 1.48. The topological polar surface area (TPSA) is 35.2 Å². The maximum atomic E-state index is 12.6. The summed E-state index contributed by atoms with van der Waals surface area (Å²) in [5, 5.41) is 0. The first-order valence-electron chi connectivity index (χ1n) is 5.07. The molecule has 0 fully saturated rings. The predicted molar refractivity (Wildman–Crippen MR) is 60.0 cm³/mol. The van der Waals surface area contributed by atoms with Crippen LogP contribution in [0.5, 0.6) is 5.75 Å². The fraction of sp³-hybridized carbons (Fsp3) is 0.500. The highest BCUT2D eigenvalue weighted by Gasteiger charge is 2.30. The molecule has 0 spiro atoms. The smallest absolute Gasteiger partial charge is 0.256 e. The van der Waals surface area contributed by atoms with Gasteiger partial charge in [0.05, 0.1) is 12.6 Å². The number of hydrogen-bond donors (Lipinski definition) is 1. The van der Waals surface area contributed by atoms with Crippen LogP contribution in [-0.4, -0.2) is 19.1 Å². The van der Waals surface area contributed by atoms with Gasteiger partial charge in [0.15, 0.2) is 0 Å². The monoisotopic (exact) mass is 229 g/mol. The van der Waals surface area contributed by atoms with Crippen LogP contribution in [0.2, 0.25) is 0 Å². The minimum absolute atomic E-state index is 0.153. The second kappa shape index (κ2) is 4.78. The fourth-order valence-corrected chi connectivity index (χ4v) is 1.48. The first-order chi connectivity index (χ1) is 7.36. The maximum Gasteiger partial charge on any atom is 0.256 e. The summed E-state index contributed by atoms with van der Waals surface area (Å²) in [4.78, 5) is 0. The minimum Gasteiger partial charge on any atom is -0.497 e. The Morgan fingerprint density at radius 2 is 2.06 bits per heavy atom. The number of nitrogens with two attached hydrogens (primary N) is 1. The highest BCUT2D eigenvalue weighted by molar-refractivity contribution is 5.35. The van der Waals surface area contributed by atoms with Gasteiger partial charge in [-0.3, -0.25) is 0 Å². The number of methoxy groups -OCH3 is 1. The van der Waals surface area contributed by atoms with Crippen molar-refractivity contribution in [1.29, 1.82) is 0 Å². The first-order valence-corrected chi connectivity index (χ1v) is 5.07. The van der Waals surface area contributed by atoms with Crippen LogP contribution in [0, 0.1) is 6.92 Å². The number of ether oxygens (including phenoxy) is 1. The average Bonchev–Trinajstić information content (AvgIpc) is 2.20. The van der Waals surface area contributed by atoms with Gasteiger partial charge < -0.3 is 10.5 Å². The lowest BCUT2D eigenvalue weighted by molar-refractivity contribution is 0.0638.